The quantitative estimate of drug-likeness (QED) is 0.603. The molecule has 0 bridgehead atoms. The second-order valence-corrected chi connectivity index (χ2v) is 5.38. The number of fused-ring (bicyclic) bond motifs is 2. The first-order valence-corrected chi connectivity index (χ1v) is 7.46. The molecule has 0 unspecified atom stereocenters. The molecule has 0 radical (unpaired) electrons. The molecule has 3 heterocycles. The van der Waals surface area contributed by atoms with E-state index in [0.717, 1.165) is 28.0 Å². The number of amides is 1. The molecule has 7 nitrogen and oxygen atoms in total. The molecule has 0 atom stereocenters. The Morgan fingerprint density at radius 2 is 2.29 bits per heavy atom. The highest BCUT2D eigenvalue weighted by atomic mass is 16.5. The summed E-state index contributed by atoms with van der Waals surface area (Å²) in [4.78, 5) is 16.9. The zero-order valence-corrected chi connectivity index (χ0v) is 13.0. The Morgan fingerprint density at radius 1 is 1.38 bits per heavy atom. The molecule has 1 amide bonds. The van der Waals surface area contributed by atoms with Gasteiger partial charge in [0.05, 0.1) is 36.6 Å². The maximum atomic E-state index is 12.4. The SMILES string of the molecule is COc1ccn2cc(CNC(=O)c3cccc4[nH]ncc34)nc2c1. The van der Waals surface area contributed by atoms with Crippen molar-refractivity contribution in [1.29, 1.82) is 0 Å². The minimum absolute atomic E-state index is 0.156. The van der Waals surface area contributed by atoms with Crippen molar-refractivity contribution in [2.75, 3.05) is 7.11 Å². The molecule has 0 spiro atoms. The molecule has 0 fully saturated rings. The van der Waals surface area contributed by atoms with Gasteiger partial charge >= 0.3 is 0 Å². The lowest BCUT2D eigenvalue weighted by Crippen LogP contribution is -2.23. The van der Waals surface area contributed by atoms with Crippen molar-refractivity contribution in [2.45, 2.75) is 6.54 Å². The molecule has 1 aromatic carbocycles. The number of carbonyl (C=O) groups excluding carboxylic acids is 1. The first kappa shape index (κ1) is 14.3. The predicted molar refractivity (Wildman–Crippen MR) is 89.0 cm³/mol. The lowest BCUT2D eigenvalue weighted by Gasteiger charge is -2.04. The van der Waals surface area contributed by atoms with Gasteiger partial charge in [0.2, 0.25) is 0 Å². The highest BCUT2D eigenvalue weighted by Gasteiger charge is 2.11. The first-order chi connectivity index (χ1) is 11.7. The van der Waals surface area contributed by atoms with E-state index in [1.165, 1.54) is 0 Å². The number of H-pyrrole nitrogens is 1. The van der Waals surface area contributed by atoms with Crippen LogP contribution in [0.4, 0.5) is 0 Å². The second kappa shape index (κ2) is 5.69. The van der Waals surface area contributed by atoms with Gasteiger partial charge in [0.1, 0.15) is 11.4 Å². The molecular formula is C17H15N5O2. The standard InChI is InChI=1S/C17H15N5O2/c1-24-12-5-6-22-10-11(20-16(22)7-12)8-18-17(23)13-3-2-4-15-14(13)9-19-21-15/h2-7,9-10H,8H2,1H3,(H,18,23)(H,19,21). The van der Waals surface area contributed by atoms with E-state index in [-0.39, 0.29) is 5.91 Å². The van der Waals surface area contributed by atoms with Crippen LogP contribution in [0.3, 0.4) is 0 Å². The smallest absolute Gasteiger partial charge is 0.252 e. The van der Waals surface area contributed by atoms with Gasteiger partial charge in [-0.2, -0.15) is 5.10 Å². The van der Waals surface area contributed by atoms with Gasteiger partial charge in [0, 0.05) is 23.8 Å². The molecule has 120 valence electrons. The van der Waals surface area contributed by atoms with Crippen LogP contribution in [-0.2, 0) is 6.54 Å². The van der Waals surface area contributed by atoms with Gasteiger partial charge in [0.25, 0.3) is 5.91 Å². The molecule has 3 aromatic heterocycles. The summed E-state index contributed by atoms with van der Waals surface area (Å²) in [6.07, 6.45) is 5.41. The van der Waals surface area contributed by atoms with Crippen LogP contribution in [0, 0.1) is 0 Å². The van der Waals surface area contributed by atoms with Crippen molar-refractivity contribution >= 4 is 22.5 Å². The van der Waals surface area contributed by atoms with Crippen LogP contribution in [0.5, 0.6) is 5.75 Å². The van der Waals surface area contributed by atoms with E-state index in [1.54, 1.807) is 19.4 Å². The van der Waals surface area contributed by atoms with Crippen molar-refractivity contribution in [3.05, 3.63) is 60.2 Å². The van der Waals surface area contributed by atoms with Gasteiger partial charge in [-0.1, -0.05) is 6.07 Å². The van der Waals surface area contributed by atoms with Gasteiger partial charge in [-0.15, -0.1) is 0 Å². The van der Waals surface area contributed by atoms with Gasteiger partial charge in [-0.25, -0.2) is 4.98 Å². The van der Waals surface area contributed by atoms with E-state index in [2.05, 4.69) is 20.5 Å². The molecule has 0 aliphatic rings. The minimum Gasteiger partial charge on any atom is -0.497 e. The Bertz CT molecular complexity index is 1030. The molecule has 0 aliphatic carbocycles. The molecule has 7 heteroatoms. The average molecular weight is 321 g/mol. The number of rotatable bonds is 4. The number of methoxy groups -OCH3 is 1. The lowest BCUT2D eigenvalue weighted by molar-refractivity contribution is 0.0952. The largest absolute Gasteiger partial charge is 0.497 e. The number of nitrogens with one attached hydrogen (secondary N) is 2. The van der Waals surface area contributed by atoms with E-state index in [0.29, 0.717) is 12.1 Å². The Labute approximate surface area is 137 Å². The molecule has 4 aromatic rings. The van der Waals surface area contributed by atoms with E-state index < -0.39 is 0 Å². The van der Waals surface area contributed by atoms with Gasteiger partial charge < -0.3 is 14.5 Å². The van der Waals surface area contributed by atoms with Crippen LogP contribution in [0.1, 0.15) is 16.1 Å². The summed E-state index contributed by atoms with van der Waals surface area (Å²) >= 11 is 0. The second-order valence-electron chi connectivity index (χ2n) is 5.38. The Hall–Kier alpha value is -3.35. The van der Waals surface area contributed by atoms with Crippen molar-refractivity contribution in [2.24, 2.45) is 0 Å². The fourth-order valence-corrected chi connectivity index (χ4v) is 2.66. The fourth-order valence-electron chi connectivity index (χ4n) is 2.66. The summed E-state index contributed by atoms with van der Waals surface area (Å²) < 4.78 is 7.08. The number of imidazole rings is 1. The van der Waals surface area contributed by atoms with E-state index in [1.807, 2.05) is 41.1 Å². The first-order valence-electron chi connectivity index (χ1n) is 7.46. The molecule has 0 aliphatic heterocycles. The summed E-state index contributed by atoms with van der Waals surface area (Å²) in [6, 6.07) is 9.19. The number of pyridine rings is 1. The monoisotopic (exact) mass is 321 g/mol. The minimum atomic E-state index is -0.156. The number of aromatic amines is 1. The number of ether oxygens (including phenoxy) is 1. The van der Waals surface area contributed by atoms with Gasteiger partial charge in [-0.3, -0.25) is 9.89 Å². The van der Waals surface area contributed by atoms with Crippen molar-refractivity contribution in [3.8, 4) is 5.75 Å². The third-order valence-electron chi connectivity index (χ3n) is 3.88. The maximum Gasteiger partial charge on any atom is 0.252 e. The van der Waals surface area contributed by atoms with Crippen LogP contribution in [0.2, 0.25) is 0 Å². The van der Waals surface area contributed by atoms with Gasteiger partial charge in [0.15, 0.2) is 0 Å². The van der Waals surface area contributed by atoms with Crippen LogP contribution >= 0.6 is 0 Å². The van der Waals surface area contributed by atoms with Crippen molar-refractivity contribution < 1.29 is 9.53 Å². The Balaban J connectivity index is 1.54. The van der Waals surface area contributed by atoms with Crippen LogP contribution in [-0.4, -0.2) is 32.6 Å². The molecule has 24 heavy (non-hydrogen) atoms. The van der Waals surface area contributed by atoms with E-state index in [4.69, 9.17) is 4.74 Å². The van der Waals surface area contributed by atoms with E-state index in [9.17, 15) is 4.79 Å². The highest BCUT2D eigenvalue weighted by molar-refractivity contribution is 6.05. The summed E-state index contributed by atoms with van der Waals surface area (Å²) in [5.74, 6) is 0.590. The third-order valence-corrected chi connectivity index (χ3v) is 3.88. The van der Waals surface area contributed by atoms with E-state index >= 15 is 0 Å². The molecular weight excluding hydrogens is 306 g/mol. The zero-order valence-electron chi connectivity index (χ0n) is 13.0. The van der Waals surface area contributed by atoms with Crippen molar-refractivity contribution in [3.63, 3.8) is 0 Å². The normalized spacial score (nSPS) is 11.0. The van der Waals surface area contributed by atoms with Crippen LogP contribution < -0.4 is 10.1 Å². The summed E-state index contributed by atoms with van der Waals surface area (Å²) in [6.45, 7) is 0.344. The molecule has 2 N–H and O–H groups in total. The molecule has 4 rings (SSSR count). The molecule has 0 saturated heterocycles. The van der Waals surface area contributed by atoms with Gasteiger partial charge in [-0.05, 0) is 18.2 Å². The van der Waals surface area contributed by atoms with Crippen LogP contribution in [0.15, 0.2) is 48.9 Å². The number of aromatic nitrogens is 4. The maximum absolute atomic E-state index is 12.4. The Morgan fingerprint density at radius 3 is 3.17 bits per heavy atom. The molecule has 0 saturated carbocycles. The summed E-state index contributed by atoms with van der Waals surface area (Å²) in [5, 5.41) is 10.5. The number of benzene rings is 1. The summed E-state index contributed by atoms with van der Waals surface area (Å²) in [7, 11) is 1.62. The Kier molecular flexibility index (Phi) is 3.38. The number of hydrogen-bond acceptors (Lipinski definition) is 4. The third kappa shape index (κ3) is 2.45. The van der Waals surface area contributed by atoms with Crippen molar-refractivity contribution in [1.82, 2.24) is 24.9 Å². The number of nitrogens with zero attached hydrogens (tertiary/aromatic N) is 3. The highest BCUT2D eigenvalue weighted by Crippen LogP contribution is 2.17. The van der Waals surface area contributed by atoms with Crippen LogP contribution in [0.25, 0.3) is 16.6 Å². The zero-order chi connectivity index (χ0) is 16.5. The number of hydrogen-bond donors (Lipinski definition) is 2. The fraction of sp³-hybridized carbons (Fsp3) is 0.118. The average Bonchev–Trinajstić information content (AvgIpc) is 3.24. The number of carbonyl (C=O) groups is 1. The lowest BCUT2D eigenvalue weighted by atomic mass is 10.1. The summed E-state index contributed by atoms with van der Waals surface area (Å²) in [5.41, 5.74) is 2.97. The topological polar surface area (TPSA) is 84.3 Å². The predicted octanol–water partition coefficient (Wildman–Crippen LogP) is 2.15.